The highest BCUT2D eigenvalue weighted by Gasteiger charge is 2.32. The van der Waals surface area contributed by atoms with Crippen molar-refractivity contribution in [3.63, 3.8) is 0 Å². The molecule has 0 aliphatic rings. The van der Waals surface area contributed by atoms with E-state index in [9.17, 15) is 20.3 Å². The highest BCUT2D eigenvalue weighted by Crippen LogP contribution is 2.35. The first-order valence-electron chi connectivity index (χ1n) is 13.3. The number of aryl methyl sites for hydroxylation is 1. The van der Waals surface area contributed by atoms with Gasteiger partial charge in [0.2, 0.25) is 0 Å². The third kappa shape index (κ3) is 7.07. The van der Waals surface area contributed by atoms with Gasteiger partial charge in [-0.05, 0) is 60.7 Å². The summed E-state index contributed by atoms with van der Waals surface area (Å²) in [7, 11) is 0. The molecule has 0 spiro atoms. The van der Waals surface area contributed by atoms with Crippen LogP contribution in [0.15, 0.2) is 73.1 Å². The van der Waals surface area contributed by atoms with Gasteiger partial charge in [0, 0.05) is 36.1 Å². The number of aliphatic hydroxyl groups is 1. The Balaban J connectivity index is 1.61. The second-order valence-electron chi connectivity index (χ2n) is 10.2. The van der Waals surface area contributed by atoms with Gasteiger partial charge in [-0.3, -0.25) is 15.1 Å². The summed E-state index contributed by atoms with van der Waals surface area (Å²) in [4.78, 5) is 15.8. The van der Waals surface area contributed by atoms with Gasteiger partial charge in [-0.15, -0.1) is 0 Å². The van der Waals surface area contributed by atoms with Crippen molar-refractivity contribution < 1.29 is 24.5 Å². The molecule has 0 radical (unpaired) electrons. The summed E-state index contributed by atoms with van der Waals surface area (Å²) in [5.74, 6) is -0.398. The van der Waals surface area contributed by atoms with Crippen molar-refractivity contribution in [1.82, 2.24) is 10.3 Å². The van der Waals surface area contributed by atoms with Crippen LogP contribution in [-0.4, -0.2) is 33.3 Å². The number of benzene rings is 3. The fourth-order valence-electron chi connectivity index (χ4n) is 4.40. The predicted molar refractivity (Wildman–Crippen MR) is 160 cm³/mol. The lowest BCUT2D eigenvalue weighted by Crippen LogP contribution is -2.52. The summed E-state index contributed by atoms with van der Waals surface area (Å²) in [5, 5.41) is 31.6. The zero-order valence-electron chi connectivity index (χ0n) is 23.6. The van der Waals surface area contributed by atoms with E-state index in [1.54, 1.807) is 24.4 Å². The molecule has 1 aromatic heterocycles. The number of hydrogen-bond donors (Lipinski definition) is 3. The SMILES string of the molecule is Cc1ccccc1-c1cccc(COc2cc(OCc3cncc(C#N)c3)c(CN[C@](C)(CO)C(=O)O)cc2Cl)c1C. The first-order valence-corrected chi connectivity index (χ1v) is 13.7. The van der Waals surface area contributed by atoms with Crippen LogP contribution in [-0.2, 0) is 24.6 Å². The minimum Gasteiger partial charge on any atom is -0.488 e. The third-order valence-corrected chi connectivity index (χ3v) is 7.45. The Morgan fingerprint density at radius 1 is 1.00 bits per heavy atom. The predicted octanol–water partition coefficient (Wildman–Crippen LogP) is 5.97. The Kier molecular flexibility index (Phi) is 9.81. The average molecular weight is 586 g/mol. The number of aromatic nitrogens is 1. The molecule has 0 saturated heterocycles. The molecule has 0 aliphatic carbocycles. The van der Waals surface area contributed by atoms with E-state index >= 15 is 0 Å². The summed E-state index contributed by atoms with van der Waals surface area (Å²) >= 11 is 6.64. The number of carboxylic acids is 1. The van der Waals surface area contributed by atoms with E-state index in [0.717, 1.165) is 22.3 Å². The van der Waals surface area contributed by atoms with E-state index in [2.05, 4.69) is 48.4 Å². The molecule has 4 aromatic rings. The standard InChI is InChI=1S/C33H32ClN3O5/c1-21-7-4-5-9-27(21)28-10-6-8-25(22(28)2)19-42-31-13-30(41-18-24-11-23(14-35)15-36-16-24)26(12-29(31)34)17-37-33(3,20-38)32(39)40/h4-13,15-16,37-38H,17-20H2,1-3H3,(H,39,40)/t33-/m1/s1. The number of hydrogen-bond acceptors (Lipinski definition) is 7. The van der Waals surface area contributed by atoms with Gasteiger partial charge in [0.25, 0.3) is 0 Å². The fraction of sp³-hybridized carbons (Fsp3) is 0.242. The van der Waals surface area contributed by atoms with Crippen molar-refractivity contribution in [3.8, 4) is 28.7 Å². The minimum atomic E-state index is -1.57. The Morgan fingerprint density at radius 3 is 2.45 bits per heavy atom. The molecule has 3 aromatic carbocycles. The van der Waals surface area contributed by atoms with E-state index in [4.69, 9.17) is 21.1 Å². The van der Waals surface area contributed by atoms with E-state index in [1.807, 2.05) is 24.3 Å². The molecule has 0 fully saturated rings. The molecule has 9 heteroatoms. The van der Waals surface area contributed by atoms with Crippen LogP contribution in [0.1, 0.15) is 40.3 Å². The lowest BCUT2D eigenvalue weighted by Gasteiger charge is -2.25. The number of aliphatic hydroxyl groups excluding tert-OH is 1. The number of carbonyl (C=O) groups is 1. The summed E-state index contributed by atoms with van der Waals surface area (Å²) in [5.41, 5.74) is 5.66. The smallest absolute Gasteiger partial charge is 0.326 e. The van der Waals surface area contributed by atoms with Crippen LogP contribution in [0, 0.1) is 25.2 Å². The molecule has 0 unspecified atom stereocenters. The fourth-order valence-corrected chi connectivity index (χ4v) is 4.64. The van der Waals surface area contributed by atoms with Gasteiger partial charge < -0.3 is 19.7 Å². The van der Waals surface area contributed by atoms with E-state index in [1.165, 1.54) is 18.7 Å². The number of ether oxygens (including phenoxy) is 2. The monoisotopic (exact) mass is 585 g/mol. The van der Waals surface area contributed by atoms with Crippen molar-refractivity contribution in [2.75, 3.05) is 6.61 Å². The molecule has 42 heavy (non-hydrogen) atoms. The minimum absolute atomic E-state index is 0.0484. The molecule has 1 atom stereocenters. The quantitative estimate of drug-likeness (QED) is 0.186. The topological polar surface area (TPSA) is 125 Å². The largest absolute Gasteiger partial charge is 0.488 e. The van der Waals surface area contributed by atoms with E-state index in [0.29, 0.717) is 33.2 Å². The maximum absolute atomic E-state index is 11.7. The Hall–Kier alpha value is -4.42. The second-order valence-corrected chi connectivity index (χ2v) is 10.6. The molecule has 0 aliphatic heterocycles. The summed E-state index contributed by atoms with van der Waals surface area (Å²) in [6.45, 7) is 5.34. The zero-order valence-corrected chi connectivity index (χ0v) is 24.4. The number of nitriles is 1. The number of nitrogens with zero attached hydrogens (tertiary/aromatic N) is 2. The Bertz CT molecular complexity index is 1630. The zero-order chi connectivity index (χ0) is 30.3. The van der Waals surface area contributed by atoms with Crippen LogP contribution in [0.25, 0.3) is 11.1 Å². The van der Waals surface area contributed by atoms with Crippen molar-refractivity contribution in [1.29, 1.82) is 5.26 Å². The molecule has 0 saturated carbocycles. The highest BCUT2D eigenvalue weighted by atomic mass is 35.5. The summed E-state index contributed by atoms with van der Waals surface area (Å²) in [6.07, 6.45) is 3.06. The summed E-state index contributed by atoms with van der Waals surface area (Å²) < 4.78 is 12.3. The van der Waals surface area contributed by atoms with Crippen molar-refractivity contribution in [2.24, 2.45) is 0 Å². The molecule has 216 valence electrons. The number of halogens is 1. The van der Waals surface area contributed by atoms with E-state index < -0.39 is 18.1 Å². The molecule has 1 heterocycles. The van der Waals surface area contributed by atoms with Crippen LogP contribution in [0.4, 0.5) is 0 Å². The average Bonchev–Trinajstić information content (AvgIpc) is 2.99. The van der Waals surface area contributed by atoms with Crippen molar-refractivity contribution >= 4 is 17.6 Å². The summed E-state index contributed by atoms with van der Waals surface area (Å²) in [6, 6.07) is 21.4. The normalized spacial score (nSPS) is 12.3. The number of pyridine rings is 1. The first kappa shape index (κ1) is 30.5. The molecular weight excluding hydrogens is 554 g/mol. The maximum Gasteiger partial charge on any atom is 0.326 e. The molecular formula is C33H32ClN3O5. The number of carboxylic acid groups (broad SMARTS) is 1. The van der Waals surface area contributed by atoms with Gasteiger partial charge in [-0.25, -0.2) is 0 Å². The highest BCUT2D eigenvalue weighted by molar-refractivity contribution is 6.32. The van der Waals surface area contributed by atoms with Gasteiger partial charge in [-0.1, -0.05) is 54.1 Å². The lowest BCUT2D eigenvalue weighted by molar-refractivity contribution is -0.145. The molecule has 3 N–H and O–H groups in total. The first-order chi connectivity index (χ1) is 20.1. The van der Waals surface area contributed by atoms with Gasteiger partial charge in [0.15, 0.2) is 0 Å². The van der Waals surface area contributed by atoms with Crippen LogP contribution >= 0.6 is 11.6 Å². The molecule has 0 bridgehead atoms. The molecule has 0 amide bonds. The van der Waals surface area contributed by atoms with Crippen LogP contribution in [0.3, 0.4) is 0 Å². The Morgan fingerprint density at radius 2 is 1.74 bits per heavy atom. The second kappa shape index (κ2) is 13.5. The van der Waals surface area contributed by atoms with Crippen molar-refractivity contribution in [2.45, 2.75) is 46.1 Å². The number of nitrogens with one attached hydrogen (secondary N) is 1. The van der Waals surface area contributed by atoms with Gasteiger partial charge >= 0.3 is 5.97 Å². The number of rotatable bonds is 12. The van der Waals surface area contributed by atoms with Gasteiger partial charge in [-0.2, -0.15) is 5.26 Å². The van der Waals surface area contributed by atoms with Gasteiger partial charge in [0.05, 0.1) is 17.2 Å². The lowest BCUT2D eigenvalue weighted by atomic mass is 9.94. The number of aliphatic carboxylic acids is 1. The van der Waals surface area contributed by atoms with Crippen molar-refractivity contribution in [3.05, 3.63) is 111 Å². The van der Waals surface area contributed by atoms with Crippen LogP contribution in [0.5, 0.6) is 11.5 Å². The maximum atomic E-state index is 11.7. The third-order valence-electron chi connectivity index (χ3n) is 7.15. The van der Waals surface area contributed by atoms with E-state index in [-0.39, 0.29) is 19.8 Å². The van der Waals surface area contributed by atoms with Crippen LogP contribution < -0.4 is 14.8 Å². The van der Waals surface area contributed by atoms with Gasteiger partial charge in [0.1, 0.15) is 36.3 Å². The molecule has 8 nitrogen and oxygen atoms in total. The molecule has 4 rings (SSSR count). The Labute approximate surface area is 250 Å². The van der Waals surface area contributed by atoms with Crippen LogP contribution in [0.2, 0.25) is 5.02 Å².